The normalized spacial score (nSPS) is 24.0. The molecule has 0 saturated carbocycles. The van der Waals surface area contributed by atoms with Gasteiger partial charge >= 0.3 is 0 Å². The first-order chi connectivity index (χ1) is 6.81. The summed E-state index contributed by atoms with van der Waals surface area (Å²) in [5.74, 6) is 0. The minimum absolute atomic E-state index is 0.387. The van der Waals surface area contributed by atoms with E-state index in [-0.39, 0.29) is 0 Å². The maximum Gasteiger partial charge on any atom is 0.0655 e. The van der Waals surface area contributed by atoms with Crippen LogP contribution in [-0.2, 0) is 0 Å². The SMILES string of the molecule is CNC(C)c1cnn(C2CCNC2)c1. The van der Waals surface area contributed by atoms with E-state index in [9.17, 15) is 0 Å². The summed E-state index contributed by atoms with van der Waals surface area (Å²) in [5, 5.41) is 11.0. The molecule has 0 aliphatic carbocycles. The van der Waals surface area contributed by atoms with Gasteiger partial charge in [0.25, 0.3) is 0 Å². The number of nitrogens with one attached hydrogen (secondary N) is 2. The molecular formula is C10H18N4. The fourth-order valence-electron chi connectivity index (χ4n) is 1.81. The van der Waals surface area contributed by atoms with Crippen LogP contribution in [0.25, 0.3) is 0 Å². The van der Waals surface area contributed by atoms with Crippen molar-refractivity contribution in [2.75, 3.05) is 20.1 Å². The van der Waals surface area contributed by atoms with Crippen molar-refractivity contribution in [3.63, 3.8) is 0 Å². The Hall–Kier alpha value is -0.870. The molecule has 1 aromatic heterocycles. The number of rotatable bonds is 3. The van der Waals surface area contributed by atoms with Gasteiger partial charge in [0, 0.05) is 24.3 Å². The van der Waals surface area contributed by atoms with Crippen molar-refractivity contribution in [2.24, 2.45) is 0 Å². The molecule has 1 fully saturated rings. The fraction of sp³-hybridized carbons (Fsp3) is 0.700. The maximum absolute atomic E-state index is 4.40. The van der Waals surface area contributed by atoms with Gasteiger partial charge in [-0.05, 0) is 26.9 Å². The maximum atomic E-state index is 4.40. The van der Waals surface area contributed by atoms with Gasteiger partial charge in [-0.3, -0.25) is 4.68 Å². The second-order valence-electron chi connectivity index (χ2n) is 3.91. The zero-order valence-corrected chi connectivity index (χ0v) is 8.83. The van der Waals surface area contributed by atoms with Crippen LogP contribution in [0.3, 0.4) is 0 Å². The molecule has 1 aromatic rings. The molecule has 0 amide bonds. The molecule has 2 atom stereocenters. The van der Waals surface area contributed by atoms with Gasteiger partial charge in [-0.25, -0.2) is 0 Å². The molecule has 1 aliphatic rings. The molecule has 4 heteroatoms. The van der Waals surface area contributed by atoms with Gasteiger partial charge in [-0.2, -0.15) is 5.10 Å². The number of hydrogen-bond donors (Lipinski definition) is 2. The van der Waals surface area contributed by atoms with Crippen LogP contribution < -0.4 is 10.6 Å². The topological polar surface area (TPSA) is 41.9 Å². The molecule has 1 aliphatic heterocycles. The van der Waals surface area contributed by atoms with E-state index in [1.807, 2.05) is 13.2 Å². The summed E-state index contributed by atoms with van der Waals surface area (Å²) in [6, 6.07) is 0.936. The zero-order chi connectivity index (χ0) is 9.97. The van der Waals surface area contributed by atoms with Crippen LogP contribution in [-0.4, -0.2) is 29.9 Å². The third kappa shape index (κ3) is 1.81. The van der Waals surface area contributed by atoms with Crippen molar-refractivity contribution in [3.8, 4) is 0 Å². The van der Waals surface area contributed by atoms with Crippen molar-refractivity contribution in [1.82, 2.24) is 20.4 Å². The molecule has 2 rings (SSSR count). The Morgan fingerprint density at radius 2 is 2.57 bits per heavy atom. The minimum atomic E-state index is 0.387. The first kappa shape index (κ1) is 9.68. The highest BCUT2D eigenvalue weighted by molar-refractivity contribution is 5.09. The predicted octanol–water partition coefficient (Wildman–Crippen LogP) is 0.698. The molecule has 0 spiro atoms. The number of hydrogen-bond acceptors (Lipinski definition) is 3. The standard InChI is InChI=1S/C10H18N4/c1-8(11-2)9-5-13-14(7-9)10-3-4-12-6-10/h5,7-8,10-12H,3-4,6H2,1-2H3. The number of aromatic nitrogens is 2. The predicted molar refractivity (Wildman–Crippen MR) is 56.2 cm³/mol. The van der Waals surface area contributed by atoms with E-state index in [1.54, 1.807) is 0 Å². The average molecular weight is 194 g/mol. The average Bonchev–Trinajstić information content (AvgIpc) is 2.86. The first-order valence-electron chi connectivity index (χ1n) is 5.23. The Balaban J connectivity index is 2.08. The molecule has 2 unspecified atom stereocenters. The van der Waals surface area contributed by atoms with Crippen LogP contribution in [0.4, 0.5) is 0 Å². The molecule has 0 bridgehead atoms. The Morgan fingerprint density at radius 1 is 1.71 bits per heavy atom. The minimum Gasteiger partial charge on any atom is -0.315 e. The van der Waals surface area contributed by atoms with Crippen molar-refractivity contribution in [2.45, 2.75) is 25.4 Å². The molecule has 78 valence electrons. The summed E-state index contributed by atoms with van der Waals surface area (Å²) < 4.78 is 2.09. The Morgan fingerprint density at radius 3 is 3.21 bits per heavy atom. The zero-order valence-electron chi connectivity index (χ0n) is 8.83. The lowest BCUT2D eigenvalue weighted by atomic mass is 10.2. The summed E-state index contributed by atoms with van der Waals surface area (Å²) in [6.07, 6.45) is 5.30. The lowest BCUT2D eigenvalue weighted by Gasteiger charge is -2.09. The van der Waals surface area contributed by atoms with Crippen molar-refractivity contribution >= 4 is 0 Å². The summed E-state index contributed by atoms with van der Waals surface area (Å²) in [6.45, 7) is 4.31. The summed E-state index contributed by atoms with van der Waals surface area (Å²) >= 11 is 0. The highest BCUT2D eigenvalue weighted by Crippen LogP contribution is 2.17. The summed E-state index contributed by atoms with van der Waals surface area (Å²) in [7, 11) is 1.97. The molecule has 4 nitrogen and oxygen atoms in total. The molecule has 0 aromatic carbocycles. The van der Waals surface area contributed by atoms with E-state index >= 15 is 0 Å². The Labute approximate surface area is 84.7 Å². The Bertz CT molecular complexity index is 288. The number of nitrogens with zero attached hydrogens (tertiary/aromatic N) is 2. The molecule has 14 heavy (non-hydrogen) atoms. The van der Waals surface area contributed by atoms with Crippen LogP contribution in [0.1, 0.15) is 31.0 Å². The van der Waals surface area contributed by atoms with Gasteiger partial charge in [0.05, 0.1) is 12.2 Å². The van der Waals surface area contributed by atoms with Crippen molar-refractivity contribution in [1.29, 1.82) is 0 Å². The third-order valence-corrected chi connectivity index (χ3v) is 2.96. The largest absolute Gasteiger partial charge is 0.315 e. The monoisotopic (exact) mass is 194 g/mol. The van der Waals surface area contributed by atoms with E-state index in [0.29, 0.717) is 12.1 Å². The molecule has 2 N–H and O–H groups in total. The second-order valence-corrected chi connectivity index (χ2v) is 3.91. The highest BCUT2D eigenvalue weighted by Gasteiger charge is 2.17. The second kappa shape index (κ2) is 4.11. The lowest BCUT2D eigenvalue weighted by molar-refractivity contribution is 0.489. The molecular weight excluding hydrogens is 176 g/mol. The third-order valence-electron chi connectivity index (χ3n) is 2.96. The van der Waals surface area contributed by atoms with Gasteiger partial charge in [0.15, 0.2) is 0 Å². The molecule has 0 radical (unpaired) electrons. The van der Waals surface area contributed by atoms with Crippen LogP contribution in [0.15, 0.2) is 12.4 Å². The quantitative estimate of drug-likeness (QED) is 0.744. The first-order valence-corrected chi connectivity index (χ1v) is 5.23. The van der Waals surface area contributed by atoms with Crippen molar-refractivity contribution in [3.05, 3.63) is 18.0 Å². The fourth-order valence-corrected chi connectivity index (χ4v) is 1.81. The van der Waals surface area contributed by atoms with E-state index in [0.717, 1.165) is 13.1 Å². The highest BCUT2D eigenvalue weighted by atomic mass is 15.3. The van der Waals surface area contributed by atoms with Crippen molar-refractivity contribution < 1.29 is 0 Å². The van der Waals surface area contributed by atoms with Gasteiger partial charge in [-0.15, -0.1) is 0 Å². The van der Waals surface area contributed by atoms with E-state index < -0.39 is 0 Å². The van der Waals surface area contributed by atoms with E-state index in [1.165, 1.54) is 12.0 Å². The van der Waals surface area contributed by atoms with Crippen LogP contribution in [0, 0.1) is 0 Å². The van der Waals surface area contributed by atoms with Crippen LogP contribution in [0.2, 0.25) is 0 Å². The van der Waals surface area contributed by atoms with E-state index in [2.05, 4.69) is 33.5 Å². The van der Waals surface area contributed by atoms with Gasteiger partial charge in [-0.1, -0.05) is 0 Å². The van der Waals surface area contributed by atoms with Gasteiger partial charge < -0.3 is 10.6 Å². The Kier molecular flexibility index (Phi) is 2.84. The summed E-state index contributed by atoms with van der Waals surface area (Å²) in [5.41, 5.74) is 1.26. The molecule has 1 saturated heterocycles. The smallest absolute Gasteiger partial charge is 0.0655 e. The molecule has 2 heterocycles. The lowest BCUT2D eigenvalue weighted by Crippen LogP contribution is -2.14. The summed E-state index contributed by atoms with van der Waals surface area (Å²) in [4.78, 5) is 0. The van der Waals surface area contributed by atoms with Gasteiger partial charge in [0.1, 0.15) is 0 Å². The van der Waals surface area contributed by atoms with E-state index in [4.69, 9.17) is 0 Å². The van der Waals surface area contributed by atoms with Crippen LogP contribution >= 0.6 is 0 Å². The van der Waals surface area contributed by atoms with Crippen LogP contribution in [0.5, 0.6) is 0 Å². The van der Waals surface area contributed by atoms with Gasteiger partial charge in [0.2, 0.25) is 0 Å².